The van der Waals surface area contributed by atoms with E-state index in [-0.39, 0.29) is 12.1 Å². The van der Waals surface area contributed by atoms with Gasteiger partial charge in [-0.3, -0.25) is 14.5 Å². The standard InChI is InChI=1S/C19H15F4N3O3/c20-14-7-3-1-5-11(14)10-26-17(28)12(9-24-18(26)29)16(27)25-15-8-4-2-6-13(15)19(21,22)23/h1-8,12H,9-10H2,(H,24,29)(H,25,27). The first-order valence-electron chi connectivity index (χ1n) is 8.48. The van der Waals surface area contributed by atoms with E-state index in [1.165, 1.54) is 30.3 Å². The Kier molecular flexibility index (Phi) is 5.53. The number of rotatable bonds is 4. The lowest BCUT2D eigenvalue weighted by Gasteiger charge is -2.31. The zero-order chi connectivity index (χ0) is 21.2. The summed E-state index contributed by atoms with van der Waals surface area (Å²) < 4.78 is 53.1. The van der Waals surface area contributed by atoms with E-state index in [9.17, 15) is 31.9 Å². The Morgan fingerprint density at radius 2 is 1.76 bits per heavy atom. The second kappa shape index (κ2) is 7.90. The van der Waals surface area contributed by atoms with Crippen LogP contribution in [0.15, 0.2) is 48.5 Å². The third-order valence-electron chi connectivity index (χ3n) is 4.36. The van der Waals surface area contributed by atoms with Crippen molar-refractivity contribution < 1.29 is 31.9 Å². The Hall–Kier alpha value is -3.43. The Morgan fingerprint density at radius 3 is 2.45 bits per heavy atom. The Morgan fingerprint density at radius 1 is 1.10 bits per heavy atom. The minimum Gasteiger partial charge on any atom is -0.336 e. The minimum absolute atomic E-state index is 0.0551. The van der Waals surface area contributed by atoms with Gasteiger partial charge in [0, 0.05) is 12.1 Å². The summed E-state index contributed by atoms with van der Waals surface area (Å²) in [6.45, 7) is -0.800. The fraction of sp³-hybridized carbons (Fsp3) is 0.211. The fourth-order valence-electron chi connectivity index (χ4n) is 2.87. The van der Waals surface area contributed by atoms with Crippen LogP contribution in [0, 0.1) is 11.7 Å². The highest BCUT2D eigenvalue weighted by atomic mass is 19.4. The van der Waals surface area contributed by atoms with Crippen molar-refractivity contribution in [2.45, 2.75) is 12.7 Å². The third-order valence-corrected chi connectivity index (χ3v) is 4.36. The highest BCUT2D eigenvalue weighted by Crippen LogP contribution is 2.34. The first kappa shape index (κ1) is 20.3. The molecular weight excluding hydrogens is 394 g/mol. The molecule has 3 rings (SSSR count). The predicted molar refractivity (Wildman–Crippen MR) is 93.9 cm³/mol. The van der Waals surface area contributed by atoms with Gasteiger partial charge in [-0.05, 0) is 18.2 Å². The molecule has 2 aromatic rings. The van der Waals surface area contributed by atoms with Crippen molar-refractivity contribution in [2.75, 3.05) is 11.9 Å². The van der Waals surface area contributed by atoms with Crippen molar-refractivity contribution in [3.05, 3.63) is 65.5 Å². The minimum atomic E-state index is -4.70. The second-order valence-electron chi connectivity index (χ2n) is 6.29. The van der Waals surface area contributed by atoms with Crippen LogP contribution >= 0.6 is 0 Å². The summed E-state index contributed by atoms with van der Waals surface area (Å²) in [6.07, 6.45) is -4.70. The van der Waals surface area contributed by atoms with Crippen LogP contribution in [0.1, 0.15) is 11.1 Å². The molecule has 29 heavy (non-hydrogen) atoms. The second-order valence-corrected chi connectivity index (χ2v) is 6.29. The molecule has 0 spiro atoms. The van der Waals surface area contributed by atoms with Crippen molar-refractivity contribution in [2.24, 2.45) is 5.92 Å². The molecular formula is C19H15F4N3O3. The van der Waals surface area contributed by atoms with Crippen LogP contribution in [-0.4, -0.2) is 29.3 Å². The van der Waals surface area contributed by atoms with E-state index in [1.54, 1.807) is 0 Å². The number of hydrogen-bond acceptors (Lipinski definition) is 3. The van der Waals surface area contributed by atoms with E-state index in [2.05, 4.69) is 10.6 Å². The molecule has 2 aromatic carbocycles. The van der Waals surface area contributed by atoms with Crippen LogP contribution < -0.4 is 10.6 Å². The summed E-state index contributed by atoms with van der Waals surface area (Å²) in [4.78, 5) is 37.8. The van der Waals surface area contributed by atoms with E-state index >= 15 is 0 Å². The summed E-state index contributed by atoms with van der Waals surface area (Å²) in [5.74, 6) is -4.04. The molecule has 0 aliphatic carbocycles. The van der Waals surface area contributed by atoms with Crippen LogP contribution in [0.2, 0.25) is 0 Å². The van der Waals surface area contributed by atoms with Gasteiger partial charge in [0.25, 0.3) is 0 Å². The van der Waals surface area contributed by atoms with Crippen LogP contribution in [0.5, 0.6) is 0 Å². The number of carbonyl (C=O) groups excluding carboxylic acids is 3. The van der Waals surface area contributed by atoms with Gasteiger partial charge in [-0.25, -0.2) is 9.18 Å². The Bertz CT molecular complexity index is 962. The fourth-order valence-corrected chi connectivity index (χ4v) is 2.87. The van der Waals surface area contributed by atoms with Crippen molar-refractivity contribution in [3.8, 4) is 0 Å². The average Bonchev–Trinajstić information content (AvgIpc) is 2.66. The number of benzene rings is 2. The summed E-state index contributed by atoms with van der Waals surface area (Å²) in [6, 6.07) is 8.99. The molecule has 1 aliphatic heterocycles. The number of urea groups is 1. The number of carbonyl (C=O) groups is 3. The van der Waals surface area contributed by atoms with E-state index in [4.69, 9.17) is 0 Å². The number of para-hydroxylation sites is 1. The van der Waals surface area contributed by atoms with E-state index < -0.39 is 53.6 Å². The van der Waals surface area contributed by atoms with Crippen LogP contribution in [0.3, 0.4) is 0 Å². The molecule has 0 radical (unpaired) electrons. The first-order valence-corrected chi connectivity index (χ1v) is 8.48. The number of halogens is 4. The number of nitrogens with one attached hydrogen (secondary N) is 2. The largest absolute Gasteiger partial charge is 0.418 e. The number of imide groups is 1. The van der Waals surface area contributed by atoms with Gasteiger partial charge >= 0.3 is 12.2 Å². The first-order chi connectivity index (χ1) is 13.7. The van der Waals surface area contributed by atoms with Crippen molar-refractivity contribution in [3.63, 3.8) is 0 Å². The third kappa shape index (κ3) is 4.36. The SMILES string of the molecule is O=C(Nc1ccccc1C(F)(F)F)C1CNC(=O)N(Cc2ccccc2F)C1=O. The van der Waals surface area contributed by atoms with E-state index in [1.807, 2.05) is 0 Å². The topological polar surface area (TPSA) is 78.5 Å². The monoisotopic (exact) mass is 409 g/mol. The molecule has 1 fully saturated rings. The smallest absolute Gasteiger partial charge is 0.336 e. The number of amides is 4. The van der Waals surface area contributed by atoms with Crippen molar-refractivity contribution in [1.29, 1.82) is 0 Å². The molecule has 10 heteroatoms. The molecule has 1 aliphatic rings. The molecule has 1 saturated heterocycles. The maximum atomic E-state index is 13.8. The van der Waals surface area contributed by atoms with Gasteiger partial charge in [0.15, 0.2) is 0 Å². The van der Waals surface area contributed by atoms with Crippen molar-refractivity contribution >= 4 is 23.5 Å². The molecule has 1 unspecified atom stereocenters. The molecule has 152 valence electrons. The molecule has 2 N–H and O–H groups in total. The van der Waals surface area contributed by atoms with Gasteiger partial charge in [0.05, 0.1) is 17.8 Å². The van der Waals surface area contributed by atoms with Crippen LogP contribution in [0.25, 0.3) is 0 Å². The summed E-state index contributed by atoms with van der Waals surface area (Å²) in [5.41, 5.74) is -1.52. The molecule has 1 atom stereocenters. The quantitative estimate of drug-likeness (QED) is 0.602. The number of hydrogen-bond donors (Lipinski definition) is 2. The van der Waals surface area contributed by atoms with Gasteiger partial charge < -0.3 is 10.6 Å². The summed E-state index contributed by atoms with van der Waals surface area (Å²) in [7, 11) is 0. The average molecular weight is 409 g/mol. The van der Waals surface area contributed by atoms with Gasteiger partial charge in [0.1, 0.15) is 11.7 Å². The lowest BCUT2D eigenvalue weighted by Crippen LogP contribution is -2.57. The maximum Gasteiger partial charge on any atom is 0.418 e. The van der Waals surface area contributed by atoms with Gasteiger partial charge in [-0.15, -0.1) is 0 Å². The van der Waals surface area contributed by atoms with E-state index in [0.29, 0.717) is 4.90 Å². The zero-order valence-electron chi connectivity index (χ0n) is 14.8. The van der Waals surface area contributed by atoms with Gasteiger partial charge in [-0.1, -0.05) is 30.3 Å². The zero-order valence-corrected chi connectivity index (χ0v) is 14.8. The normalized spacial score (nSPS) is 17.1. The Labute approximate surface area is 162 Å². The highest BCUT2D eigenvalue weighted by molar-refractivity contribution is 6.12. The van der Waals surface area contributed by atoms with Gasteiger partial charge in [-0.2, -0.15) is 13.2 Å². The lowest BCUT2D eigenvalue weighted by atomic mass is 10.0. The van der Waals surface area contributed by atoms with E-state index in [0.717, 1.165) is 18.2 Å². The molecule has 4 amide bonds. The predicted octanol–water partition coefficient (Wildman–Crippen LogP) is 3.15. The summed E-state index contributed by atoms with van der Waals surface area (Å²) >= 11 is 0. The maximum absolute atomic E-state index is 13.8. The molecule has 1 heterocycles. The van der Waals surface area contributed by atoms with Crippen LogP contribution in [0.4, 0.5) is 28.0 Å². The molecule has 0 aromatic heterocycles. The summed E-state index contributed by atoms with van der Waals surface area (Å²) in [5, 5.41) is 4.42. The van der Waals surface area contributed by atoms with Gasteiger partial charge in [0.2, 0.25) is 11.8 Å². The molecule has 6 nitrogen and oxygen atoms in total. The number of anilines is 1. The highest BCUT2D eigenvalue weighted by Gasteiger charge is 2.40. The molecule has 0 bridgehead atoms. The van der Waals surface area contributed by atoms with Crippen LogP contribution in [-0.2, 0) is 22.3 Å². The Balaban J connectivity index is 1.79. The molecule has 0 saturated carbocycles. The van der Waals surface area contributed by atoms with Crippen molar-refractivity contribution in [1.82, 2.24) is 10.2 Å². The number of nitrogens with zero attached hydrogens (tertiary/aromatic N) is 1. The lowest BCUT2D eigenvalue weighted by molar-refractivity contribution is -0.139. The number of alkyl halides is 3.